The van der Waals surface area contributed by atoms with E-state index in [1.807, 2.05) is 0 Å². The molecular formula is C22H18F2N2O5. The van der Waals surface area contributed by atoms with Crippen molar-refractivity contribution in [3.8, 4) is 17.1 Å². The van der Waals surface area contributed by atoms with Crippen LogP contribution in [0.15, 0.2) is 53.1 Å². The fourth-order valence-electron chi connectivity index (χ4n) is 3.41. The zero-order valence-electron chi connectivity index (χ0n) is 16.5. The van der Waals surface area contributed by atoms with Crippen molar-refractivity contribution < 1.29 is 32.4 Å². The van der Waals surface area contributed by atoms with E-state index in [-0.39, 0.29) is 42.5 Å². The molecule has 1 atom stereocenters. The Labute approximate surface area is 176 Å². The standard InChI is InChI=1S/C22H18F2N2O5/c1-29-19-5-3-2-4-18(19)26-11-13(8-21(26)27)22(28)30-12-15-10-20(31-25-15)16-7-6-14(23)9-17(16)24/h2-7,9-10,13H,8,11-12H2,1H3. The number of anilines is 1. The first kappa shape index (κ1) is 20.5. The van der Waals surface area contributed by atoms with Crippen molar-refractivity contribution in [1.82, 2.24) is 5.16 Å². The molecule has 1 fully saturated rings. The van der Waals surface area contributed by atoms with Crippen LogP contribution in [0, 0.1) is 17.6 Å². The van der Waals surface area contributed by atoms with Crippen LogP contribution in [0.3, 0.4) is 0 Å². The van der Waals surface area contributed by atoms with E-state index in [2.05, 4.69) is 5.16 Å². The van der Waals surface area contributed by atoms with E-state index >= 15 is 0 Å². The molecule has 0 spiro atoms. The van der Waals surface area contributed by atoms with Gasteiger partial charge in [-0.05, 0) is 24.3 Å². The van der Waals surface area contributed by atoms with E-state index in [0.717, 1.165) is 12.1 Å². The number of hydrogen-bond donors (Lipinski definition) is 0. The molecule has 3 aromatic rings. The van der Waals surface area contributed by atoms with Crippen LogP contribution < -0.4 is 9.64 Å². The van der Waals surface area contributed by atoms with Gasteiger partial charge in [-0.15, -0.1) is 0 Å². The van der Waals surface area contributed by atoms with Gasteiger partial charge < -0.3 is 18.9 Å². The Balaban J connectivity index is 1.39. The van der Waals surface area contributed by atoms with Crippen LogP contribution in [-0.4, -0.2) is 30.7 Å². The molecule has 0 radical (unpaired) electrons. The van der Waals surface area contributed by atoms with Crippen LogP contribution in [0.4, 0.5) is 14.5 Å². The number of halogens is 2. The first-order valence-corrected chi connectivity index (χ1v) is 9.47. The molecule has 31 heavy (non-hydrogen) atoms. The molecule has 0 bridgehead atoms. The first-order valence-electron chi connectivity index (χ1n) is 9.47. The molecule has 0 saturated carbocycles. The molecule has 1 unspecified atom stereocenters. The van der Waals surface area contributed by atoms with Gasteiger partial charge in [-0.25, -0.2) is 8.78 Å². The van der Waals surface area contributed by atoms with Crippen molar-refractivity contribution in [3.63, 3.8) is 0 Å². The topological polar surface area (TPSA) is 81.9 Å². The predicted octanol–water partition coefficient (Wildman–Crippen LogP) is 3.72. The van der Waals surface area contributed by atoms with Crippen molar-refractivity contribution >= 4 is 17.6 Å². The largest absolute Gasteiger partial charge is 0.495 e. The monoisotopic (exact) mass is 428 g/mol. The summed E-state index contributed by atoms with van der Waals surface area (Å²) >= 11 is 0. The molecule has 1 aliphatic heterocycles. The lowest BCUT2D eigenvalue weighted by atomic mass is 10.1. The maximum atomic E-state index is 13.9. The van der Waals surface area contributed by atoms with Crippen LogP contribution in [0.1, 0.15) is 12.1 Å². The fourth-order valence-corrected chi connectivity index (χ4v) is 3.41. The maximum Gasteiger partial charge on any atom is 0.311 e. The molecule has 0 aliphatic carbocycles. The average Bonchev–Trinajstić information content (AvgIpc) is 3.38. The third-order valence-corrected chi connectivity index (χ3v) is 4.95. The van der Waals surface area contributed by atoms with Gasteiger partial charge in [0.25, 0.3) is 0 Å². The van der Waals surface area contributed by atoms with Gasteiger partial charge in [0.15, 0.2) is 5.76 Å². The van der Waals surface area contributed by atoms with Crippen molar-refractivity contribution in [2.75, 3.05) is 18.6 Å². The molecule has 4 rings (SSSR count). The van der Waals surface area contributed by atoms with E-state index in [1.54, 1.807) is 24.3 Å². The highest BCUT2D eigenvalue weighted by Crippen LogP contribution is 2.33. The summed E-state index contributed by atoms with van der Waals surface area (Å²) in [6.45, 7) is -0.0343. The lowest BCUT2D eigenvalue weighted by molar-refractivity contribution is -0.149. The second-order valence-corrected chi connectivity index (χ2v) is 6.99. The van der Waals surface area contributed by atoms with Gasteiger partial charge in [-0.2, -0.15) is 0 Å². The number of para-hydroxylation sites is 2. The van der Waals surface area contributed by atoms with Crippen LogP contribution in [-0.2, 0) is 20.9 Å². The Bertz CT molecular complexity index is 1130. The van der Waals surface area contributed by atoms with E-state index in [1.165, 1.54) is 24.1 Å². The van der Waals surface area contributed by atoms with Crippen LogP contribution in [0.5, 0.6) is 5.75 Å². The van der Waals surface area contributed by atoms with Crippen LogP contribution >= 0.6 is 0 Å². The molecule has 0 N–H and O–H groups in total. The van der Waals surface area contributed by atoms with Crippen molar-refractivity contribution in [3.05, 3.63) is 65.9 Å². The zero-order chi connectivity index (χ0) is 22.0. The number of esters is 1. The van der Waals surface area contributed by atoms with E-state index in [0.29, 0.717) is 11.4 Å². The molecule has 1 amide bonds. The number of rotatable bonds is 6. The molecule has 7 nitrogen and oxygen atoms in total. The number of hydrogen-bond acceptors (Lipinski definition) is 6. The number of carbonyl (C=O) groups is 2. The highest BCUT2D eigenvalue weighted by atomic mass is 19.1. The second-order valence-electron chi connectivity index (χ2n) is 6.99. The number of ether oxygens (including phenoxy) is 2. The molecule has 9 heteroatoms. The summed E-state index contributed by atoms with van der Waals surface area (Å²) < 4.78 is 42.6. The second kappa shape index (κ2) is 8.55. The zero-order valence-corrected chi connectivity index (χ0v) is 16.5. The molecule has 1 saturated heterocycles. The Hall–Kier alpha value is -3.75. The summed E-state index contributed by atoms with van der Waals surface area (Å²) in [6, 6.07) is 11.5. The minimum absolute atomic E-state index is 0.0156. The highest BCUT2D eigenvalue weighted by molar-refractivity contribution is 6.00. The third kappa shape index (κ3) is 4.25. The van der Waals surface area contributed by atoms with Gasteiger partial charge in [0.2, 0.25) is 5.91 Å². The third-order valence-electron chi connectivity index (χ3n) is 4.95. The summed E-state index contributed by atoms with van der Waals surface area (Å²) in [6.07, 6.45) is 0.0156. The average molecular weight is 428 g/mol. The fraction of sp³-hybridized carbons (Fsp3) is 0.227. The van der Waals surface area contributed by atoms with E-state index < -0.39 is 23.5 Å². The molecular weight excluding hydrogens is 410 g/mol. The molecule has 1 aromatic heterocycles. The van der Waals surface area contributed by atoms with Crippen molar-refractivity contribution in [1.29, 1.82) is 0 Å². The minimum Gasteiger partial charge on any atom is -0.495 e. The first-order chi connectivity index (χ1) is 15.0. The quantitative estimate of drug-likeness (QED) is 0.557. The van der Waals surface area contributed by atoms with Gasteiger partial charge in [-0.1, -0.05) is 17.3 Å². The molecule has 1 aliphatic rings. The van der Waals surface area contributed by atoms with Crippen molar-refractivity contribution in [2.24, 2.45) is 5.92 Å². The maximum absolute atomic E-state index is 13.9. The number of methoxy groups -OCH3 is 1. The van der Waals surface area contributed by atoms with Gasteiger partial charge in [0.05, 0.1) is 24.3 Å². The van der Waals surface area contributed by atoms with E-state index in [9.17, 15) is 18.4 Å². The lowest BCUT2D eigenvalue weighted by Gasteiger charge is -2.19. The number of aromatic nitrogens is 1. The summed E-state index contributed by atoms with van der Waals surface area (Å²) in [5.74, 6) is -2.28. The summed E-state index contributed by atoms with van der Waals surface area (Å²) in [7, 11) is 1.51. The summed E-state index contributed by atoms with van der Waals surface area (Å²) in [5, 5.41) is 3.75. The van der Waals surface area contributed by atoms with Gasteiger partial charge in [-0.3, -0.25) is 9.59 Å². The molecule has 160 valence electrons. The molecule has 2 aromatic carbocycles. The minimum atomic E-state index is -0.791. The Morgan fingerprint density at radius 3 is 2.81 bits per heavy atom. The van der Waals surface area contributed by atoms with Crippen LogP contribution in [0.2, 0.25) is 0 Å². The summed E-state index contributed by atoms with van der Waals surface area (Å²) in [5.41, 5.74) is 0.895. The van der Waals surface area contributed by atoms with Gasteiger partial charge in [0.1, 0.15) is 29.7 Å². The van der Waals surface area contributed by atoms with Crippen molar-refractivity contribution in [2.45, 2.75) is 13.0 Å². The van der Waals surface area contributed by atoms with Crippen LogP contribution in [0.25, 0.3) is 11.3 Å². The normalized spacial score (nSPS) is 15.9. The predicted molar refractivity (Wildman–Crippen MR) is 105 cm³/mol. The van der Waals surface area contributed by atoms with Gasteiger partial charge >= 0.3 is 5.97 Å². The Kier molecular flexibility index (Phi) is 5.66. The summed E-state index contributed by atoms with van der Waals surface area (Å²) in [4.78, 5) is 26.4. The number of carbonyl (C=O) groups excluding carboxylic acids is 2. The number of amides is 1. The Morgan fingerprint density at radius 1 is 1.23 bits per heavy atom. The lowest BCUT2D eigenvalue weighted by Crippen LogP contribution is -2.26. The Morgan fingerprint density at radius 2 is 2.03 bits per heavy atom. The van der Waals surface area contributed by atoms with E-state index in [4.69, 9.17) is 14.0 Å². The highest BCUT2D eigenvalue weighted by Gasteiger charge is 2.37. The van der Waals surface area contributed by atoms with Gasteiger partial charge in [0, 0.05) is 25.1 Å². The number of benzene rings is 2. The number of nitrogens with zero attached hydrogens (tertiary/aromatic N) is 2. The molecule has 2 heterocycles. The smallest absolute Gasteiger partial charge is 0.311 e. The SMILES string of the molecule is COc1ccccc1N1CC(C(=O)OCc2cc(-c3ccc(F)cc3F)on2)CC1=O.